The Morgan fingerprint density at radius 1 is 1.20 bits per heavy atom. The molecule has 1 aliphatic heterocycles. The van der Waals surface area contributed by atoms with Crippen LogP contribution in [0.2, 0.25) is 0 Å². The van der Waals surface area contributed by atoms with E-state index >= 15 is 0 Å². The van der Waals surface area contributed by atoms with Crippen LogP contribution in [0.3, 0.4) is 0 Å². The second-order valence-electron chi connectivity index (χ2n) is 6.06. The molecule has 0 saturated heterocycles. The number of benzene rings is 1. The molecule has 4 nitrogen and oxygen atoms in total. The Labute approximate surface area is 120 Å². The van der Waals surface area contributed by atoms with Gasteiger partial charge in [0.15, 0.2) is 0 Å². The molecule has 4 heteroatoms. The Kier molecular flexibility index (Phi) is 3.81. The molecule has 0 radical (unpaired) electrons. The van der Waals surface area contributed by atoms with Gasteiger partial charge in [0.05, 0.1) is 11.4 Å². The van der Waals surface area contributed by atoms with Gasteiger partial charge in [0, 0.05) is 24.7 Å². The monoisotopic (exact) mass is 273 g/mol. The molecule has 1 saturated carbocycles. The molecule has 1 aromatic carbocycles. The van der Waals surface area contributed by atoms with Crippen LogP contribution >= 0.6 is 0 Å². The summed E-state index contributed by atoms with van der Waals surface area (Å²) in [5, 5.41) is 9.83. The van der Waals surface area contributed by atoms with Crippen LogP contribution in [0.25, 0.3) is 0 Å². The average Bonchev–Trinajstić information content (AvgIpc) is 2.47. The van der Waals surface area contributed by atoms with E-state index in [1.54, 1.807) is 0 Å². The normalized spacial score (nSPS) is 25.1. The third-order valence-corrected chi connectivity index (χ3v) is 4.31. The summed E-state index contributed by atoms with van der Waals surface area (Å²) in [5.41, 5.74) is 2.86. The van der Waals surface area contributed by atoms with Crippen LogP contribution in [-0.2, 0) is 0 Å². The molecule has 3 N–H and O–H groups in total. The van der Waals surface area contributed by atoms with Gasteiger partial charge in [0.25, 0.3) is 5.91 Å². The molecule has 0 spiro atoms. The van der Waals surface area contributed by atoms with Gasteiger partial charge >= 0.3 is 0 Å². The maximum Gasteiger partial charge on any atom is 0.251 e. The highest BCUT2D eigenvalue weighted by molar-refractivity contribution is 5.96. The van der Waals surface area contributed by atoms with Crippen LogP contribution < -0.4 is 16.0 Å². The summed E-state index contributed by atoms with van der Waals surface area (Å²) in [6, 6.07) is 6.18. The maximum absolute atomic E-state index is 12.3. The zero-order chi connectivity index (χ0) is 13.9. The zero-order valence-electron chi connectivity index (χ0n) is 12.0. The van der Waals surface area contributed by atoms with Crippen LogP contribution in [0.15, 0.2) is 18.2 Å². The fourth-order valence-corrected chi connectivity index (χ4v) is 3.21. The number of hydrogen-bond acceptors (Lipinski definition) is 3. The fraction of sp³-hybridized carbons (Fsp3) is 0.562. The largest absolute Gasteiger partial charge is 0.382 e. The van der Waals surface area contributed by atoms with E-state index < -0.39 is 0 Å². The van der Waals surface area contributed by atoms with Crippen molar-refractivity contribution in [2.75, 3.05) is 23.7 Å². The first-order valence-electron chi connectivity index (χ1n) is 7.65. The number of amides is 1. The van der Waals surface area contributed by atoms with Gasteiger partial charge in [-0.25, -0.2) is 0 Å². The molecule has 3 rings (SSSR count). The predicted octanol–water partition coefficient (Wildman–Crippen LogP) is 2.83. The van der Waals surface area contributed by atoms with E-state index in [1.807, 2.05) is 18.2 Å². The molecule has 108 valence electrons. The van der Waals surface area contributed by atoms with Crippen molar-refractivity contribution in [1.82, 2.24) is 5.32 Å². The summed E-state index contributed by atoms with van der Waals surface area (Å²) >= 11 is 0. The number of hydrogen-bond donors (Lipinski definition) is 3. The highest BCUT2D eigenvalue weighted by Crippen LogP contribution is 2.26. The Morgan fingerprint density at radius 3 is 2.80 bits per heavy atom. The Hall–Kier alpha value is -1.71. The van der Waals surface area contributed by atoms with Gasteiger partial charge in [-0.2, -0.15) is 0 Å². The lowest BCUT2D eigenvalue weighted by molar-refractivity contribution is 0.0921. The molecule has 2 aliphatic rings. The van der Waals surface area contributed by atoms with E-state index in [0.29, 0.717) is 6.04 Å². The van der Waals surface area contributed by atoms with Crippen LogP contribution in [0.4, 0.5) is 11.4 Å². The van der Waals surface area contributed by atoms with Gasteiger partial charge in [0.2, 0.25) is 0 Å². The van der Waals surface area contributed by atoms with Crippen molar-refractivity contribution in [3.63, 3.8) is 0 Å². The smallest absolute Gasteiger partial charge is 0.251 e. The summed E-state index contributed by atoms with van der Waals surface area (Å²) in [5.74, 6) is 0.780. The van der Waals surface area contributed by atoms with Gasteiger partial charge < -0.3 is 16.0 Å². The average molecular weight is 273 g/mol. The van der Waals surface area contributed by atoms with E-state index in [1.165, 1.54) is 12.8 Å². The first kappa shape index (κ1) is 13.3. The van der Waals surface area contributed by atoms with E-state index in [0.717, 1.165) is 48.8 Å². The molecular weight excluding hydrogens is 250 g/mol. The molecule has 1 aliphatic carbocycles. The van der Waals surface area contributed by atoms with E-state index in [4.69, 9.17) is 0 Å². The molecule has 1 amide bonds. The van der Waals surface area contributed by atoms with E-state index in [-0.39, 0.29) is 5.91 Å². The summed E-state index contributed by atoms with van der Waals surface area (Å²) in [7, 11) is 0. The number of fused-ring (bicyclic) bond motifs is 1. The summed E-state index contributed by atoms with van der Waals surface area (Å²) in [6.45, 7) is 4.10. The minimum atomic E-state index is 0.0549. The maximum atomic E-state index is 12.3. The number of carbonyl (C=O) groups is 1. The van der Waals surface area contributed by atoms with Crippen molar-refractivity contribution in [2.24, 2.45) is 5.92 Å². The van der Waals surface area contributed by atoms with Gasteiger partial charge in [-0.15, -0.1) is 0 Å². The van der Waals surface area contributed by atoms with Crippen molar-refractivity contribution in [3.8, 4) is 0 Å². The Bertz CT molecular complexity index is 500. The van der Waals surface area contributed by atoms with Crippen molar-refractivity contribution in [2.45, 2.75) is 38.6 Å². The van der Waals surface area contributed by atoms with Crippen LogP contribution in [-0.4, -0.2) is 25.0 Å². The lowest BCUT2D eigenvalue weighted by Gasteiger charge is -2.27. The number of rotatable bonds is 2. The summed E-state index contributed by atoms with van der Waals surface area (Å²) < 4.78 is 0. The lowest BCUT2D eigenvalue weighted by atomic mass is 9.87. The van der Waals surface area contributed by atoms with Crippen LogP contribution in [0.5, 0.6) is 0 Å². The van der Waals surface area contributed by atoms with E-state index in [9.17, 15) is 4.79 Å². The second-order valence-corrected chi connectivity index (χ2v) is 6.06. The third kappa shape index (κ3) is 2.89. The van der Waals surface area contributed by atoms with Crippen molar-refractivity contribution < 1.29 is 4.79 Å². The van der Waals surface area contributed by atoms with Gasteiger partial charge in [-0.3, -0.25) is 4.79 Å². The quantitative estimate of drug-likeness (QED) is 0.776. The lowest BCUT2D eigenvalue weighted by Crippen LogP contribution is -2.38. The summed E-state index contributed by atoms with van der Waals surface area (Å²) in [6.07, 6.45) is 4.74. The molecule has 2 unspecified atom stereocenters. The molecule has 1 heterocycles. The zero-order valence-corrected chi connectivity index (χ0v) is 12.0. The van der Waals surface area contributed by atoms with Crippen molar-refractivity contribution in [3.05, 3.63) is 23.8 Å². The molecule has 0 aromatic heterocycles. The highest BCUT2D eigenvalue weighted by Gasteiger charge is 2.21. The van der Waals surface area contributed by atoms with Gasteiger partial charge in [0.1, 0.15) is 0 Å². The summed E-state index contributed by atoms with van der Waals surface area (Å²) in [4.78, 5) is 12.3. The van der Waals surface area contributed by atoms with Crippen LogP contribution in [0.1, 0.15) is 43.0 Å². The minimum absolute atomic E-state index is 0.0549. The SMILES string of the molecule is CC1CCCC(NC(=O)c2ccc3c(c2)NCCN3)C1. The third-order valence-electron chi connectivity index (χ3n) is 4.31. The molecule has 0 bridgehead atoms. The van der Waals surface area contributed by atoms with E-state index in [2.05, 4.69) is 22.9 Å². The van der Waals surface area contributed by atoms with Gasteiger partial charge in [-0.1, -0.05) is 19.8 Å². The molecule has 1 aromatic rings. The highest BCUT2D eigenvalue weighted by atomic mass is 16.1. The fourth-order valence-electron chi connectivity index (χ4n) is 3.21. The first-order valence-corrected chi connectivity index (χ1v) is 7.65. The second kappa shape index (κ2) is 5.73. The van der Waals surface area contributed by atoms with Crippen LogP contribution in [0, 0.1) is 5.92 Å². The molecule has 20 heavy (non-hydrogen) atoms. The number of carbonyl (C=O) groups excluding carboxylic acids is 1. The molecule has 2 atom stereocenters. The standard InChI is InChI=1S/C16H23N3O/c1-11-3-2-4-13(9-11)19-16(20)12-5-6-14-15(10-12)18-8-7-17-14/h5-6,10-11,13,17-18H,2-4,7-9H2,1H3,(H,19,20). The molecular formula is C16H23N3O. The van der Waals surface area contributed by atoms with Gasteiger partial charge in [-0.05, 0) is 37.0 Å². The Morgan fingerprint density at radius 2 is 2.00 bits per heavy atom. The van der Waals surface area contributed by atoms with Crippen molar-refractivity contribution >= 4 is 17.3 Å². The first-order chi connectivity index (χ1) is 9.72. The topological polar surface area (TPSA) is 53.2 Å². The number of nitrogens with one attached hydrogen (secondary N) is 3. The predicted molar refractivity (Wildman–Crippen MR) is 82.3 cm³/mol. The molecule has 1 fully saturated rings. The Balaban J connectivity index is 1.67. The minimum Gasteiger partial charge on any atom is -0.382 e. The number of anilines is 2. The van der Waals surface area contributed by atoms with Crippen molar-refractivity contribution in [1.29, 1.82) is 0 Å².